The molecule has 1 aromatic carbocycles. The second-order valence-corrected chi connectivity index (χ2v) is 10.3. The van der Waals surface area contributed by atoms with Crippen LogP contribution < -0.4 is 13.9 Å². The molecule has 4 rings (SSSR count). The summed E-state index contributed by atoms with van der Waals surface area (Å²) in [5.41, 5.74) is 1.07. The SMILES string of the molecule is C[C@H]1COc2nc(N(C(=O)O)S(=O)(=O)C3CC3)c(Cc3ccc(F)cc3)cc2N1C(=O)CCl. The number of fused-ring (bicyclic) bond motifs is 1. The van der Waals surface area contributed by atoms with E-state index in [1.165, 1.54) is 35.2 Å². The summed E-state index contributed by atoms with van der Waals surface area (Å²) in [7, 11) is -4.22. The van der Waals surface area contributed by atoms with E-state index in [1.807, 2.05) is 0 Å². The number of hydrogen-bond donors (Lipinski definition) is 1. The van der Waals surface area contributed by atoms with Crippen LogP contribution in [0.2, 0.25) is 0 Å². The minimum atomic E-state index is -4.22. The Kier molecular flexibility index (Phi) is 6.19. The summed E-state index contributed by atoms with van der Waals surface area (Å²) in [5, 5.41) is 9.02. The molecule has 0 radical (unpaired) electrons. The van der Waals surface area contributed by atoms with Crippen molar-refractivity contribution in [3.05, 3.63) is 47.3 Å². The molecule has 12 heteroatoms. The molecule has 1 aromatic heterocycles. The molecular weight excluding hydrogens is 477 g/mol. The van der Waals surface area contributed by atoms with Crippen LogP contribution in [0.4, 0.5) is 20.7 Å². The molecule has 2 heterocycles. The lowest BCUT2D eigenvalue weighted by molar-refractivity contribution is -0.117. The fourth-order valence-corrected chi connectivity index (χ4v) is 5.49. The van der Waals surface area contributed by atoms with Crippen molar-refractivity contribution in [1.29, 1.82) is 0 Å². The largest absolute Gasteiger partial charge is 0.474 e. The Labute approximate surface area is 194 Å². The number of rotatable bonds is 6. The summed E-state index contributed by atoms with van der Waals surface area (Å²) in [5.74, 6) is -1.55. The first-order chi connectivity index (χ1) is 15.6. The highest BCUT2D eigenvalue weighted by atomic mass is 35.5. The van der Waals surface area contributed by atoms with Gasteiger partial charge in [-0.15, -0.1) is 11.6 Å². The van der Waals surface area contributed by atoms with Crippen LogP contribution in [0.15, 0.2) is 30.3 Å². The number of amides is 2. The molecular formula is C21H21ClFN3O6S. The third-order valence-corrected chi connectivity index (χ3v) is 7.82. The van der Waals surface area contributed by atoms with Crippen molar-refractivity contribution in [3.8, 4) is 5.88 Å². The number of nitrogens with zero attached hydrogens (tertiary/aromatic N) is 3. The number of aromatic nitrogens is 1. The molecule has 1 fully saturated rings. The van der Waals surface area contributed by atoms with Gasteiger partial charge in [-0.3, -0.25) is 4.79 Å². The average molecular weight is 498 g/mol. The predicted octanol–water partition coefficient (Wildman–Crippen LogP) is 3.14. The van der Waals surface area contributed by atoms with E-state index in [0.717, 1.165) is 0 Å². The molecule has 1 aliphatic heterocycles. The standard InChI is InChI=1S/C21H21ClFN3O6S/c1-12-11-32-20-17(25(12)18(27)10-22)9-14(8-13-2-4-15(23)5-3-13)19(24-20)26(21(28)29)33(30,31)16-6-7-16/h2-5,9,12,16H,6-8,10-11H2,1H3,(H,28,29)/t12-/m0/s1. The molecule has 2 amide bonds. The van der Waals surface area contributed by atoms with Crippen LogP contribution in [0.5, 0.6) is 5.88 Å². The lowest BCUT2D eigenvalue weighted by Crippen LogP contribution is -2.46. The fraction of sp³-hybridized carbons (Fsp3) is 0.381. The fourth-order valence-electron chi connectivity index (χ4n) is 3.71. The molecule has 9 nitrogen and oxygen atoms in total. The maximum atomic E-state index is 13.4. The van der Waals surface area contributed by atoms with E-state index in [2.05, 4.69) is 4.98 Å². The van der Waals surface area contributed by atoms with Crippen molar-refractivity contribution < 1.29 is 32.2 Å². The van der Waals surface area contributed by atoms with E-state index in [-0.39, 0.29) is 52.2 Å². The number of carbonyl (C=O) groups excluding carboxylic acids is 1. The van der Waals surface area contributed by atoms with Crippen molar-refractivity contribution in [2.45, 2.75) is 37.5 Å². The van der Waals surface area contributed by atoms with Gasteiger partial charge >= 0.3 is 6.09 Å². The van der Waals surface area contributed by atoms with Crippen molar-refractivity contribution in [2.75, 3.05) is 21.7 Å². The Hall–Kier alpha value is -2.92. The normalized spacial score (nSPS) is 17.8. The highest BCUT2D eigenvalue weighted by Gasteiger charge is 2.45. The van der Waals surface area contributed by atoms with Gasteiger partial charge in [-0.05, 0) is 43.5 Å². The van der Waals surface area contributed by atoms with Gasteiger partial charge in [0.2, 0.25) is 21.8 Å². The van der Waals surface area contributed by atoms with Gasteiger partial charge in [0.25, 0.3) is 0 Å². The topological polar surface area (TPSA) is 117 Å². The molecule has 0 unspecified atom stereocenters. The Balaban J connectivity index is 1.90. The second-order valence-electron chi connectivity index (χ2n) is 7.95. The predicted molar refractivity (Wildman–Crippen MR) is 119 cm³/mol. The van der Waals surface area contributed by atoms with Crippen molar-refractivity contribution in [1.82, 2.24) is 4.98 Å². The Morgan fingerprint density at radius 1 is 1.30 bits per heavy atom. The summed E-state index contributed by atoms with van der Waals surface area (Å²) in [6.45, 7) is 1.82. The van der Waals surface area contributed by atoms with E-state index in [9.17, 15) is 27.5 Å². The number of pyridine rings is 1. The molecule has 176 valence electrons. The van der Waals surface area contributed by atoms with E-state index in [4.69, 9.17) is 16.3 Å². The van der Waals surface area contributed by atoms with Gasteiger partial charge < -0.3 is 14.7 Å². The first kappa shape index (κ1) is 23.2. The number of benzene rings is 1. The average Bonchev–Trinajstić information content (AvgIpc) is 3.61. The van der Waals surface area contributed by atoms with Crippen LogP contribution >= 0.6 is 11.6 Å². The van der Waals surface area contributed by atoms with Gasteiger partial charge in [0.15, 0.2) is 5.82 Å². The molecule has 0 spiro atoms. The van der Waals surface area contributed by atoms with Crippen LogP contribution in [0.25, 0.3) is 0 Å². The maximum Gasteiger partial charge on any atom is 0.427 e. The van der Waals surface area contributed by atoms with Crippen molar-refractivity contribution in [2.24, 2.45) is 0 Å². The Bertz CT molecular complexity index is 1200. The van der Waals surface area contributed by atoms with Gasteiger partial charge in [-0.2, -0.15) is 9.29 Å². The van der Waals surface area contributed by atoms with E-state index in [0.29, 0.717) is 18.4 Å². The number of anilines is 2. The number of alkyl halides is 1. The van der Waals surface area contributed by atoms with Gasteiger partial charge in [0.05, 0.1) is 11.3 Å². The first-order valence-electron chi connectivity index (χ1n) is 10.2. The highest BCUT2D eigenvalue weighted by Crippen LogP contribution is 2.40. The third-order valence-electron chi connectivity index (χ3n) is 5.44. The number of sulfonamides is 1. The van der Waals surface area contributed by atoms with Crippen LogP contribution in [0, 0.1) is 5.82 Å². The third kappa shape index (κ3) is 4.47. The molecule has 2 aliphatic rings. The minimum absolute atomic E-state index is 0.0388. The van der Waals surface area contributed by atoms with E-state index in [1.54, 1.807) is 6.92 Å². The molecule has 1 aliphatic carbocycles. The summed E-state index contributed by atoms with van der Waals surface area (Å²) >= 11 is 5.77. The minimum Gasteiger partial charge on any atom is -0.474 e. The van der Waals surface area contributed by atoms with Crippen molar-refractivity contribution >= 4 is 45.1 Å². The van der Waals surface area contributed by atoms with E-state index < -0.39 is 33.1 Å². The molecule has 2 aromatic rings. The van der Waals surface area contributed by atoms with E-state index >= 15 is 0 Å². The molecule has 0 bridgehead atoms. The smallest absolute Gasteiger partial charge is 0.427 e. The summed E-state index contributed by atoms with van der Waals surface area (Å²) in [6, 6.07) is 6.59. The lowest BCUT2D eigenvalue weighted by Gasteiger charge is -2.35. The zero-order valence-electron chi connectivity index (χ0n) is 17.6. The molecule has 33 heavy (non-hydrogen) atoms. The number of carbonyl (C=O) groups is 2. The number of carboxylic acid groups (broad SMARTS) is 1. The number of halogens is 2. The second kappa shape index (κ2) is 8.79. The summed E-state index contributed by atoms with van der Waals surface area (Å²) in [6.07, 6.45) is -0.947. The molecule has 1 N–H and O–H groups in total. The molecule has 0 saturated heterocycles. The Morgan fingerprint density at radius 2 is 1.97 bits per heavy atom. The summed E-state index contributed by atoms with van der Waals surface area (Å²) < 4.78 is 45.2. The molecule has 1 atom stereocenters. The van der Waals surface area contributed by atoms with Gasteiger partial charge in [-0.1, -0.05) is 12.1 Å². The van der Waals surface area contributed by atoms with Crippen LogP contribution in [-0.4, -0.2) is 54.3 Å². The van der Waals surface area contributed by atoms with Gasteiger partial charge in [-0.25, -0.2) is 17.6 Å². The number of ether oxygens (including phenoxy) is 1. The van der Waals surface area contributed by atoms with Crippen LogP contribution in [-0.2, 0) is 21.2 Å². The maximum absolute atomic E-state index is 13.4. The van der Waals surface area contributed by atoms with Gasteiger partial charge in [0, 0.05) is 12.0 Å². The monoisotopic (exact) mass is 497 g/mol. The highest BCUT2D eigenvalue weighted by molar-refractivity contribution is 7.94. The summed E-state index contributed by atoms with van der Waals surface area (Å²) in [4.78, 5) is 30.3. The zero-order chi connectivity index (χ0) is 23.9. The van der Waals surface area contributed by atoms with Crippen LogP contribution in [0.3, 0.4) is 0 Å². The van der Waals surface area contributed by atoms with Crippen molar-refractivity contribution in [3.63, 3.8) is 0 Å². The number of hydrogen-bond acceptors (Lipinski definition) is 6. The first-order valence-corrected chi connectivity index (χ1v) is 12.2. The van der Waals surface area contributed by atoms with Gasteiger partial charge in [0.1, 0.15) is 24.0 Å². The molecule has 1 saturated carbocycles. The quantitative estimate of drug-likeness (QED) is 0.609. The van der Waals surface area contributed by atoms with Crippen LogP contribution in [0.1, 0.15) is 30.9 Å². The Morgan fingerprint density at radius 3 is 2.55 bits per heavy atom. The lowest BCUT2D eigenvalue weighted by atomic mass is 10.0. The zero-order valence-corrected chi connectivity index (χ0v) is 19.1.